The molecule has 6 heteroatoms. The fraction of sp³-hybridized carbons (Fsp3) is 0.300. The quantitative estimate of drug-likeness (QED) is 0.617. The largest absolute Gasteiger partial charge is 0.396 e. The average molecular weight is 305 g/mol. The van der Waals surface area contributed by atoms with Crippen LogP contribution in [0.1, 0.15) is 6.42 Å². The predicted octanol–water partition coefficient (Wildman–Crippen LogP) is 2.21. The van der Waals surface area contributed by atoms with Crippen molar-refractivity contribution in [2.24, 2.45) is 0 Å². The van der Waals surface area contributed by atoms with Crippen LogP contribution in [0.15, 0.2) is 16.6 Å². The van der Waals surface area contributed by atoms with Crippen LogP contribution < -0.4 is 10.6 Å². The summed E-state index contributed by atoms with van der Waals surface area (Å²) in [6, 6.07) is 2.54. The van der Waals surface area contributed by atoms with Crippen molar-refractivity contribution >= 4 is 45.8 Å². The molecule has 1 aromatic rings. The van der Waals surface area contributed by atoms with Gasteiger partial charge in [-0.25, -0.2) is 4.39 Å². The molecule has 0 saturated carbocycles. The molecule has 1 aliphatic heterocycles. The van der Waals surface area contributed by atoms with Crippen LogP contribution in [0.3, 0.4) is 0 Å². The molecule has 1 heterocycles. The van der Waals surface area contributed by atoms with Gasteiger partial charge in [0.2, 0.25) is 5.91 Å². The van der Waals surface area contributed by atoms with Gasteiger partial charge in [-0.3, -0.25) is 4.79 Å². The Hall–Kier alpha value is -0.750. The van der Waals surface area contributed by atoms with Gasteiger partial charge in [0.1, 0.15) is 5.82 Å². The summed E-state index contributed by atoms with van der Waals surface area (Å²) < 4.78 is 13.7. The minimum Gasteiger partial charge on any atom is -0.396 e. The van der Waals surface area contributed by atoms with Crippen molar-refractivity contribution in [2.75, 3.05) is 17.2 Å². The zero-order valence-electron chi connectivity index (χ0n) is 8.28. The Morgan fingerprint density at radius 1 is 1.56 bits per heavy atom. The first-order valence-electron chi connectivity index (χ1n) is 4.72. The molecule has 1 aromatic carbocycles. The Morgan fingerprint density at radius 3 is 2.81 bits per heavy atom. The highest BCUT2D eigenvalue weighted by atomic mass is 79.9. The van der Waals surface area contributed by atoms with Gasteiger partial charge < -0.3 is 10.6 Å². The molecule has 0 radical (unpaired) electrons. The molecule has 86 valence electrons. The van der Waals surface area contributed by atoms with Gasteiger partial charge >= 0.3 is 0 Å². The molecule has 1 aliphatic rings. The molecule has 0 spiro atoms. The minimum atomic E-state index is -0.425. The van der Waals surface area contributed by atoms with Gasteiger partial charge in [-0.2, -0.15) is 12.6 Å². The first kappa shape index (κ1) is 11.7. The summed E-state index contributed by atoms with van der Waals surface area (Å²) in [6.45, 7) is 0.460. The second-order valence-electron chi connectivity index (χ2n) is 3.68. The maximum Gasteiger partial charge on any atom is 0.228 e. The van der Waals surface area contributed by atoms with E-state index in [1.165, 1.54) is 17.0 Å². The number of benzene rings is 1. The molecular formula is C10H10BrFN2OS. The first-order valence-corrected chi connectivity index (χ1v) is 6.03. The number of carbonyl (C=O) groups excluding carboxylic acids is 1. The number of amides is 1. The number of nitrogen functional groups attached to an aromatic ring is 1. The van der Waals surface area contributed by atoms with Crippen LogP contribution in [0.4, 0.5) is 15.8 Å². The lowest BCUT2D eigenvalue weighted by atomic mass is 10.2. The summed E-state index contributed by atoms with van der Waals surface area (Å²) in [4.78, 5) is 13.1. The topological polar surface area (TPSA) is 46.3 Å². The molecule has 2 N–H and O–H groups in total. The van der Waals surface area contributed by atoms with Gasteiger partial charge in [-0.15, -0.1) is 0 Å². The van der Waals surface area contributed by atoms with E-state index < -0.39 is 5.82 Å². The van der Waals surface area contributed by atoms with E-state index >= 15 is 0 Å². The van der Waals surface area contributed by atoms with Gasteiger partial charge in [0.15, 0.2) is 0 Å². The maximum atomic E-state index is 13.2. The van der Waals surface area contributed by atoms with Crippen molar-refractivity contribution in [3.8, 4) is 0 Å². The van der Waals surface area contributed by atoms with Crippen molar-refractivity contribution in [1.82, 2.24) is 0 Å². The molecular weight excluding hydrogens is 295 g/mol. The lowest BCUT2D eigenvalue weighted by Crippen LogP contribution is -2.25. The molecule has 0 aliphatic carbocycles. The number of thiol groups is 1. The fourth-order valence-corrected chi connectivity index (χ4v) is 2.46. The smallest absolute Gasteiger partial charge is 0.228 e. The number of carbonyl (C=O) groups is 1. The van der Waals surface area contributed by atoms with Crippen LogP contribution in [0.5, 0.6) is 0 Å². The van der Waals surface area contributed by atoms with Gasteiger partial charge in [0.05, 0.1) is 11.4 Å². The van der Waals surface area contributed by atoms with Crippen LogP contribution in [0, 0.1) is 5.82 Å². The standard InChI is InChI=1S/C10H10BrFN2OS/c11-7-1-5(12)2-8(10(7)13)14-4-6(16)3-9(14)15/h1-2,6,16H,3-4,13H2. The normalized spacial score (nSPS) is 20.6. The van der Waals surface area contributed by atoms with E-state index in [1.54, 1.807) is 0 Å². The predicted molar refractivity (Wildman–Crippen MR) is 68.3 cm³/mol. The molecule has 0 bridgehead atoms. The number of anilines is 2. The Kier molecular flexibility index (Phi) is 3.12. The summed E-state index contributed by atoms with van der Waals surface area (Å²) in [5, 5.41) is -0.0195. The number of rotatable bonds is 1. The summed E-state index contributed by atoms with van der Waals surface area (Å²) >= 11 is 7.40. The van der Waals surface area contributed by atoms with Crippen LogP contribution in [0.2, 0.25) is 0 Å². The van der Waals surface area contributed by atoms with Crippen LogP contribution in [-0.4, -0.2) is 17.7 Å². The van der Waals surface area contributed by atoms with E-state index in [0.29, 0.717) is 28.8 Å². The molecule has 1 unspecified atom stereocenters. The summed E-state index contributed by atoms with van der Waals surface area (Å²) in [7, 11) is 0. The molecule has 3 nitrogen and oxygen atoms in total. The zero-order valence-corrected chi connectivity index (χ0v) is 10.8. The third kappa shape index (κ3) is 2.04. The molecule has 1 saturated heterocycles. The third-order valence-electron chi connectivity index (χ3n) is 2.47. The maximum absolute atomic E-state index is 13.2. The molecule has 2 rings (SSSR count). The molecule has 1 fully saturated rings. The molecule has 1 atom stereocenters. The Labute approximate surface area is 106 Å². The van der Waals surface area contributed by atoms with Crippen LogP contribution in [0.25, 0.3) is 0 Å². The Bertz CT molecular complexity index is 455. The SMILES string of the molecule is Nc1c(Br)cc(F)cc1N1CC(S)CC1=O. The van der Waals surface area contributed by atoms with E-state index in [9.17, 15) is 9.18 Å². The minimum absolute atomic E-state index is 0.0195. The Balaban J connectivity index is 2.44. The number of hydrogen-bond donors (Lipinski definition) is 2. The van der Waals surface area contributed by atoms with Gasteiger partial charge in [-0.05, 0) is 28.1 Å². The highest BCUT2D eigenvalue weighted by Gasteiger charge is 2.30. The monoisotopic (exact) mass is 304 g/mol. The highest BCUT2D eigenvalue weighted by molar-refractivity contribution is 9.10. The molecule has 1 amide bonds. The number of nitrogens with two attached hydrogens (primary N) is 1. The van der Waals surface area contributed by atoms with Gasteiger partial charge in [-0.1, -0.05) is 0 Å². The number of nitrogens with zero attached hydrogens (tertiary/aromatic N) is 1. The van der Waals surface area contributed by atoms with Crippen molar-refractivity contribution in [1.29, 1.82) is 0 Å². The van der Waals surface area contributed by atoms with Crippen LogP contribution in [-0.2, 0) is 4.79 Å². The second-order valence-corrected chi connectivity index (χ2v) is 5.27. The van der Waals surface area contributed by atoms with Gasteiger partial charge in [0, 0.05) is 22.7 Å². The number of hydrogen-bond acceptors (Lipinski definition) is 3. The lowest BCUT2D eigenvalue weighted by molar-refractivity contribution is -0.117. The van der Waals surface area contributed by atoms with E-state index in [4.69, 9.17) is 5.73 Å². The van der Waals surface area contributed by atoms with E-state index in [2.05, 4.69) is 28.6 Å². The number of halogens is 2. The average Bonchev–Trinajstić information content (AvgIpc) is 2.51. The zero-order chi connectivity index (χ0) is 11.9. The second kappa shape index (κ2) is 4.25. The first-order chi connectivity index (χ1) is 7.49. The summed E-state index contributed by atoms with van der Waals surface area (Å²) in [6.07, 6.45) is 0.358. The summed E-state index contributed by atoms with van der Waals surface area (Å²) in [5.74, 6) is -0.504. The van der Waals surface area contributed by atoms with Crippen molar-refractivity contribution < 1.29 is 9.18 Å². The van der Waals surface area contributed by atoms with Crippen LogP contribution >= 0.6 is 28.6 Å². The fourth-order valence-electron chi connectivity index (χ4n) is 1.72. The van der Waals surface area contributed by atoms with Gasteiger partial charge in [0.25, 0.3) is 0 Å². The Morgan fingerprint density at radius 2 is 2.25 bits per heavy atom. The summed E-state index contributed by atoms with van der Waals surface area (Å²) in [5.41, 5.74) is 6.59. The molecule has 0 aromatic heterocycles. The highest BCUT2D eigenvalue weighted by Crippen LogP contribution is 2.34. The van der Waals surface area contributed by atoms with E-state index in [1.807, 2.05) is 0 Å². The van der Waals surface area contributed by atoms with E-state index in [0.717, 1.165) is 0 Å². The van der Waals surface area contributed by atoms with Crippen molar-refractivity contribution in [3.05, 3.63) is 22.4 Å². The van der Waals surface area contributed by atoms with E-state index in [-0.39, 0.29) is 11.2 Å². The van der Waals surface area contributed by atoms with Crippen molar-refractivity contribution in [2.45, 2.75) is 11.7 Å². The third-order valence-corrected chi connectivity index (χ3v) is 3.47. The lowest BCUT2D eigenvalue weighted by Gasteiger charge is -2.19. The molecule has 16 heavy (non-hydrogen) atoms. The van der Waals surface area contributed by atoms with Crippen molar-refractivity contribution in [3.63, 3.8) is 0 Å².